The predicted molar refractivity (Wildman–Crippen MR) is 90.3 cm³/mol. The highest BCUT2D eigenvalue weighted by Crippen LogP contribution is 2.17. The van der Waals surface area contributed by atoms with Crippen LogP contribution in [0.15, 0.2) is 59.7 Å². The minimum absolute atomic E-state index is 0.0712. The Hall–Kier alpha value is -3.15. The van der Waals surface area contributed by atoms with E-state index in [4.69, 9.17) is 9.84 Å². The smallest absolute Gasteiger partial charge is 0.303 e. The zero-order chi connectivity index (χ0) is 17.4. The highest BCUT2D eigenvalue weighted by Gasteiger charge is 2.12. The molecule has 0 atom stereocenters. The number of hydrogen-bond acceptors (Lipinski definition) is 4. The standard InChI is InChI=1S/C18H18N2O4/c1-24-16-10-6-5-9-14(16)18(23)20-19-15(11-12-17(21)22)13-7-3-2-4-8-13/h2-10H,11-12H2,1H3,(H,20,23)(H,21,22). The average molecular weight is 326 g/mol. The van der Waals surface area contributed by atoms with Crippen molar-refractivity contribution in [3.05, 3.63) is 65.7 Å². The van der Waals surface area contributed by atoms with Crippen molar-refractivity contribution < 1.29 is 19.4 Å². The minimum Gasteiger partial charge on any atom is -0.496 e. The van der Waals surface area contributed by atoms with Crippen LogP contribution in [0.1, 0.15) is 28.8 Å². The predicted octanol–water partition coefficient (Wildman–Crippen LogP) is 2.69. The number of hydrazone groups is 1. The largest absolute Gasteiger partial charge is 0.496 e. The SMILES string of the molecule is COc1ccccc1C(=O)NN=C(CCC(=O)O)c1ccccc1. The molecule has 0 bridgehead atoms. The zero-order valence-corrected chi connectivity index (χ0v) is 13.2. The van der Waals surface area contributed by atoms with Crippen LogP contribution in [0, 0.1) is 0 Å². The molecule has 24 heavy (non-hydrogen) atoms. The molecule has 124 valence electrons. The lowest BCUT2D eigenvalue weighted by atomic mass is 10.1. The highest BCUT2D eigenvalue weighted by molar-refractivity contribution is 6.03. The first-order valence-corrected chi connectivity index (χ1v) is 7.39. The van der Waals surface area contributed by atoms with Gasteiger partial charge in [0.15, 0.2) is 0 Å². The molecule has 2 aromatic carbocycles. The Morgan fingerprint density at radius 1 is 1.04 bits per heavy atom. The maximum atomic E-state index is 12.3. The molecule has 0 aromatic heterocycles. The van der Waals surface area contributed by atoms with Gasteiger partial charge in [-0.3, -0.25) is 9.59 Å². The van der Waals surface area contributed by atoms with Crippen molar-refractivity contribution in [3.8, 4) is 5.75 Å². The van der Waals surface area contributed by atoms with Crippen LogP contribution in [0.2, 0.25) is 0 Å². The fourth-order valence-corrected chi connectivity index (χ4v) is 2.13. The van der Waals surface area contributed by atoms with Gasteiger partial charge in [0, 0.05) is 6.42 Å². The molecule has 0 aliphatic rings. The third kappa shape index (κ3) is 4.67. The second kappa shape index (κ2) is 8.47. The Morgan fingerprint density at radius 2 is 1.71 bits per heavy atom. The summed E-state index contributed by atoms with van der Waals surface area (Å²) in [5, 5.41) is 13.0. The molecule has 0 unspecified atom stereocenters. The third-order valence-corrected chi connectivity index (χ3v) is 3.33. The van der Waals surface area contributed by atoms with Crippen LogP contribution >= 0.6 is 0 Å². The summed E-state index contributed by atoms with van der Waals surface area (Å²) in [6.07, 6.45) is 0.143. The van der Waals surface area contributed by atoms with E-state index in [9.17, 15) is 9.59 Å². The minimum atomic E-state index is -0.922. The molecule has 0 fully saturated rings. The van der Waals surface area contributed by atoms with Crippen LogP contribution < -0.4 is 10.2 Å². The molecule has 0 spiro atoms. The normalized spacial score (nSPS) is 11.0. The highest BCUT2D eigenvalue weighted by atomic mass is 16.5. The lowest BCUT2D eigenvalue weighted by Crippen LogP contribution is -2.21. The van der Waals surface area contributed by atoms with Crippen LogP contribution in [0.4, 0.5) is 0 Å². The molecule has 0 aliphatic heterocycles. The van der Waals surface area contributed by atoms with Gasteiger partial charge in [-0.2, -0.15) is 5.10 Å². The van der Waals surface area contributed by atoms with Gasteiger partial charge in [-0.25, -0.2) is 5.43 Å². The van der Waals surface area contributed by atoms with E-state index < -0.39 is 11.9 Å². The van der Waals surface area contributed by atoms with Crippen LogP contribution in [0.25, 0.3) is 0 Å². The van der Waals surface area contributed by atoms with E-state index >= 15 is 0 Å². The molecular formula is C18H18N2O4. The van der Waals surface area contributed by atoms with E-state index in [1.165, 1.54) is 7.11 Å². The van der Waals surface area contributed by atoms with E-state index in [0.29, 0.717) is 17.0 Å². The molecular weight excluding hydrogens is 308 g/mol. The molecule has 2 aromatic rings. The number of carboxylic acid groups (broad SMARTS) is 1. The van der Waals surface area contributed by atoms with E-state index in [1.807, 2.05) is 30.3 Å². The van der Waals surface area contributed by atoms with Crippen LogP contribution in [0.5, 0.6) is 5.75 Å². The summed E-state index contributed by atoms with van der Waals surface area (Å²) in [7, 11) is 1.48. The van der Waals surface area contributed by atoms with Crippen molar-refractivity contribution >= 4 is 17.6 Å². The Kier molecular flexibility index (Phi) is 6.08. The molecule has 0 heterocycles. The summed E-state index contributed by atoms with van der Waals surface area (Å²) in [6.45, 7) is 0. The van der Waals surface area contributed by atoms with Crippen molar-refractivity contribution in [2.75, 3.05) is 7.11 Å². The number of amides is 1. The van der Waals surface area contributed by atoms with Crippen LogP contribution in [0.3, 0.4) is 0 Å². The topological polar surface area (TPSA) is 88.0 Å². The van der Waals surface area contributed by atoms with Crippen LogP contribution in [-0.2, 0) is 4.79 Å². The van der Waals surface area contributed by atoms with Crippen molar-refractivity contribution in [1.82, 2.24) is 5.43 Å². The quantitative estimate of drug-likeness (QED) is 0.605. The number of hydrogen-bond donors (Lipinski definition) is 2. The number of nitrogens with zero attached hydrogens (tertiary/aromatic N) is 1. The summed E-state index contributed by atoms with van der Waals surface area (Å²) in [5.74, 6) is -0.900. The van der Waals surface area contributed by atoms with Gasteiger partial charge < -0.3 is 9.84 Å². The molecule has 0 aliphatic carbocycles. The summed E-state index contributed by atoms with van der Waals surface area (Å²) in [4.78, 5) is 23.1. The molecule has 0 saturated carbocycles. The maximum absolute atomic E-state index is 12.3. The van der Waals surface area contributed by atoms with E-state index in [0.717, 1.165) is 5.56 Å². The number of carbonyl (C=O) groups is 2. The van der Waals surface area contributed by atoms with E-state index in [1.54, 1.807) is 24.3 Å². The molecule has 0 saturated heterocycles. The van der Waals surface area contributed by atoms with Gasteiger partial charge in [-0.1, -0.05) is 42.5 Å². The second-order valence-corrected chi connectivity index (χ2v) is 4.96. The number of benzene rings is 2. The monoisotopic (exact) mass is 326 g/mol. The lowest BCUT2D eigenvalue weighted by Gasteiger charge is -2.09. The third-order valence-electron chi connectivity index (χ3n) is 3.33. The first-order chi connectivity index (χ1) is 11.6. The fraction of sp³-hybridized carbons (Fsp3) is 0.167. The molecule has 0 radical (unpaired) electrons. The molecule has 2 N–H and O–H groups in total. The van der Waals surface area contributed by atoms with Gasteiger partial charge in [0.25, 0.3) is 5.91 Å². The first kappa shape index (κ1) is 17.2. The number of carboxylic acids is 1. The number of para-hydroxylation sites is 1. The number of nitrogens with one attached hydrogen (secondary N) is 1. The van der Waals surface area contributed by atoms with Gasteiger partial charge in [0.2, 0.25) is 0 Å². The fourth-order valence-electron chi connectivity index (χ4n) is 2.13. The molecule has 1 amide bonds. The van der Waals surface area contributed by atoms with Gasteiger partial charge in [-0.05, 0) is 17.7 Å². The Labute approximate surface area is 139 Å². The molecule has 6 heteroatoms. The molecule has 6 nitrogen and oxygen atoms in total. The number of carbonyl (C=O) groups excluding carboxylic acids is 1. The lowest BCUT2D eigenvalue weighted by molar-refractivity contribution is -0.136. The van der Waals surface area contributed by atoms with Gasteiger partial charge >= 0.3 is 5.97 Å². The Morgan fingerprint density at radius 3 is 2.38 bits per heavy atom. The maximum Gasteiger partial charge on any atom is 0.303 e. The van der Waals surface area contributed by atoms with E-state index in [-0.39, 0.29) is 12.8 Å². The number of rotatable bonds is 7. The summed E-state index contributed by atoms with van der Waals surface area (Å²) in [6, 6.07) is 15.9. The number of ether oxygens (including phenoxy) is 1. The number of methoxy groups -OCH3 is 1. The van der Waals surface area contributed by atoms with E-state index in [2.05, 4.69) is 10.5 Å². The van der Waals surface area contributed by atoms with Crippen LogP contribution in [-0.4, -0.2) is 29.8 Å². The van der Waals surface area contributed by atoms with Gasteiger partial charge in [0.1, 0.15) is 5.75 Å². The molecule has 2 rings (SSSR count). The van der Waals surface area contributed by atoms with Gasteiger partial charge in [0.05, 0.1) is 24.8 Å². The van der Waals surface area contributed by atoms with Gasteiger partial charge in [-0.15, -0.1) is 0 Å². The number of aliphatic carboxylic acids is 1. The Balaban J connectivity index is 2.20. The van der Waals surface area contributed by atoms with Crippen molar-refractivity contribution in [2.24, 2.45) is 5.10 Å². The summed E-state index contributed by atoms with van der Waals surface area (Å²) >= 11 is 0. The summed E-state index contributed by atoms with van der Waals surface area (Å²) in [5.41, 5.74) is 4.09. The Bertz CT molecular complexity index is 742. The van der Waals surface area contributed by atoms with Crippen molar-refractivity contribution in [2.45, 2.75) is 12.8 Å². The van der Waals surface area contributed by atoms with Crippen molar-refractivity contribution in [1.29, 1.82) is 0 Å². The first-order valence-electron chi connectivity index (χ1n) is 7.39. The second-order valence-electron chi connectivity index (χ2n) is 4.96. The zero-order valence-electron chi connectivity index (χ0n) is 13.2. The van der Waals surface area contributed by atoms with Crippen molar-refractivity contribution in [3.63, 3.8) is 0 Å². The average Bonchev–Trinajstić information content (AvgIpc) is 2.62. The summed E-state index contributed by atoms with van der Waals surface area (Å²) < 4.78 is 5.15.